The van der Waals surface area contributed by atoms with E-state index in [4.69, 9.17) is 0 Å². The predicted octanol–water partition coefficient (Wildman–Crippen LogP) is 2.84. The normalized spacial score (nSPS) is 13.3. The minimum absolute atomic E-state index is 0.0165. The Kier molecular flexibility index (Phi) is 5.87. The van der Waals surface area contributed by atoms with Crippen LogP contribution in [-0.4, -0.2) is 22.2 Å². The summed E-state index contributed by atoms with van der Waals surface area (Å²) in [7, 11) is 0. The van der Waals surface area contributed by atoms with E-state index < -0.39 is 35.3 Å². The van der Waals surface area contributed by atoms with Crippen LogP contribution >= 0.6 is 0 Å². The Morgan fingerprint density at radius 1 is 1.17 bits per heavy atom. The summed E-state index contributed by atoms with van der Waals surface area (Å²) in [4.78, 5) is 12.1. The number of nitrogens with one attached hydrogen (secondary N) is 1. The van der Waals surface area contributed by atoms with E-state index in [-0.39, 0.29) is 12.2 Å². The van der Waals surface area contributed by atoms with Crippen LogP contribution in [0.2, 0.25) is 0 Å². The van der Waals surface area contributed by atoms with Crippen LogP contribution in [-0.2, 0) is 11.2 Å². The van der Waals surface area contributed by atoms with Gasteiger partial charge in [-0.05, 0) is 36.2 Å². The molecule has 0 unspecified atom stereocenters. The zero-order valence-electron chi connectivity index (χ0n) is 13.2. The third-order valence-electron chi connectivity index (χ3n) is 3.74. The van der Waals surface area contributed by atoms with Gasteiger partial charge in [-0.2, -0.15) is 0 Å². The lowest BCUT2D eigenvalue weighted by Gasteiger charge is -2.24. The van der Waals surface area contributed by atoms with Gasteiger partial charge in [-0.1, -0.05) is 25.1 Å². The average Bonchev–Trinajstić information content (AvgIpc) is 2.52. The van der Waals surface area contributed by atoms with Gasteiger partial charge >= 0.3 is 0 Å². The smallest absolute Gasteiger partial charge is 0.224 e. The van der Waals surface area contributed by atoms with Gasteiger partial charge in [-0.3, -0.25) is 4.79 Å². The maximum Gasteiger partial charge on any atom is 0.224 e. The summed E-state index contributed by atoms with van der Waals surface area (Å²) < 4.78 is 27.6. The van der Waals surface area contributed by atoms with E-state index in [0.29, 0.717) is 12.0 Å². The van der Waals surface area contributed by atoms with E-state index in [1.165, 1.54) is 18.2 Å². The van der Waals surface area contributed by atoms with E-state index in [1.807, 2.05) is 0 Å². The third-order valence-corrected chi connectivity index (χ3v) is 3.74. The molecule has 0 aliphatic rings. The van der Waals surface area contributed by atoms with Gasteiger partial charge in [0.25, 0.3) is 0 Å². The summed E-state index contributed by atoms with van der Waals surface area (Å²) >= 11 is 0. The Bertz CT molecular complexity index is 701. The van der Waals surface area contributed by atoms with Crippen LogP contribution < -0.4 is 5.32 Å². The molecule has 128 valence electrons. The number of carbonyl (C=O) groups is 1. The van der Waals surface area contributed by atoms with E-state index in [2.05, 4.69) is 5.32 Å². The largest absolute Gasteiger partial charge is 0.508 e. The second-order valence-electron chi connectivity index (χ2n) is 5.51. The Hall–Kier alpha value is -2.47. The number of hydrogen-bond acceptors (Lipinski definition) is 3. The first kappa shape index (κ1) is 17.9. The summed E-state index contributed by atoms with van der Waals surface area (Å²) in [5.41, 5.74) is 0.135. The highest BCUT2D eigenvalue weighted by molar-refractivity contribution is 5.79. The lowest BCUT2D eigenvalue weighted by molar-refractivity contribution is -0.122. The fourth-order valence-corrected chi connectivity index (χ4v) is 2.51. The Labute approximate surface area is 138 Å². The molecule has 2 aromatic carbocycles. The van der Waals surface area contributed by atoms with Crippen LogP contribution in [0.4, 0.5) is 8.78 Å². The molecule has 6 heteroatoms. The van der Waals surface area contributed by atoms with Crippen molar-refractivity contribution in [1.29, 1.82) is 0 Å². The van der Waals surface area contributed by atoms with Crippen LogP contribution in [0.15, 0.2) is 42.5 Å². The Balaban J connectivity index is 2.09. The van der Waals surface area contributed by atoms with Gasteiger partial charge in [-0.25, -0.2) is 8.78 Å². The van der Waals surface area contributed by atoms with Gasteiger partial charge in [-0.15, -0.1) is 0 Å². The molecule has 24 heavy (non-hydrogen) atoms. The van der Waals surface area contributed by atoms with Gasteiger partial charge in [0.05, 0.1) is 18.0 Å². The zero-order valence-corrected chi connectivity index (χ0v) is 13.2. The SMILES string of the molecule is CC[C@@H](NC(=O)Cc1cccc(O)c1)[C@@H](O)c1c(F)cccc1F. The molecule has 3 N–H and O–H groups in total. The molecule has 4 nitrogen and oxygen atoms in total. The predicted molar refractivity (Wildman–Crippen MR) is 85.4 cm³/mol. The van der Waals surface area contributed by atoms with E-state index in [0.717, 1.165) is 12.1 Å². The summed E-state index contributed by atoms with van der Waals surface area (Å²) in [6.07, 6.45) is -1.22. The second kappa shape index (κ2) is 7.88. The number of aromatic hydroxyl groups is 1. The number of aliphatic hydroxyl groups is 1. The van der Waals surface area contributed by atoms with Crippen LogP contribution in [0.1, 0.15) is 30.6 Å². The number of hydrogen-bond donors (Lipinski definition) is 3. The number of halogens is 2. The molecule has 2 aromatic rings. The number of rotatable bonds is 6. The molecule has 2 atom stereocenters. The molecular weight excluding hydrogens is 316 g/mol. The van der Waals surface area contributed by atoms with Crippen molar-refractivity contribution in [3.8, 4) is 5.75 Å². The number of phenols is 1. The molecule has 2 rings (SSSR count). The van der Waals surface area contributed by atoms with Crippen molar-refractivity contribution in [3.05, 3.63) is 65.2 Å². The fourth-order valence-electron chi connectivity index (χ4n) is 2.51. The lowest BCUT2D eigenvalue weighted by atomic mass is 9.98. The molecule has 1 amide bonds. The van der Waals surface area contributed by atoms with Crippen molar-refractivity contribution in [2.75, 3.05) is 0 Å². The van der Waals surface area contributed by atoms with Gasteiger partial charge in [0.15, 0.2) is 0 Å². The van der Waals surface area contributed by atoms with E-state index >= 15 is 0 Å². The lowest BCUT2D eigenvalue weighted by Crippen LogP contribution is -2.40. The highest BCUT2D eigenvalue weighted by Crippen LogP contribution is 2.25. The highest BCUT2D eigenvalue weighted by atomic mass is 19.1. The number of carbonyl (C=O) groups excluding carboxylic acids is 1. The van der Waals surface area contributed by atoms with Crippen LogP contribution in [0.25, 0.3) is 0 Å². The molecule has 0 saturated carbocycles. The molecule has 0 heterocycles. The number of phenolic OH excluding ortho intramolecular Hbond substituents is 1. The van der Waals surface area contributed by atoms with Gasteiger partial charge < -0.3 is 15.5 Å². The molecule has 0 aliphatic heterocycles. The fraction of sp³-hybridized carbons (Fsp3) is 0.278. The van der Waals surface area contributed by atoms with Crippen molar-refractivity contribution in [2.24, 2.45) is 0 Å². The molecule has 0 radical (unpaired) electrons. The summed E-state index contributed by atoms with van der Waals surface area (Å²) in [6, 6.07) is 8.72. The second-order valence-corrected chi connectivity index (χ2v) is 5.51. The minimum atomic E-state index is -1.50. The van der Waals surface area contributed by atoms with Crippen molar-refractivity contribution >= 4 is 5.91 Å². The molecule has 0 fully saturated rings. The summed E-state index contributed by atoms with van der Waals surface area (Å²) in [5.74, 6) is -2.09. The number of amides is 1. The monoisotopic (exact) mass is 335 g/mol. The summed E-state index contributed by atoms with van der Waals surface area (Å²) in [5, 5.41) is 22.2. The first-order valence-electron chi connectivity index (χ1n) is 7.61. The van der Waals surface area contributed by atoms with Crippen LogP contribution in [0.5, 0.6) is 5.75 Å². The number of aliphatic hydroxyl groups excluding tert-OH is 1. The topological polar surface area (TPSA) is 69.6 Å². The van der Waals surface area contributed by atoms with Gasteiger partial charge in [0.1, 0.15) is 23.5 Å². The standard InChI is InChI=1S/C18H19F2NO3/c1-2-15(18(24)17-13(19)7-4-8-14(17)20)21-16(23)10-11-5-3-6-12(22)9-11/h3-9,15,18,22,24H,2,10H2,1H3,(H,21,23)/t15-,18-/m1/s1. The Morgan fingerprint density at radius 2 is 1.79 bits per heavy atom. The highest BCUT2D eigenvalue weighted by Gasteiger charge is 2.26. The maximum absolute atomic E-state index is 13.8. The quantitative estimate of drug-likeness (QED) is 0.760. The van der Waals surface area contributed by atoms with Crippen molar-refractivity contribution in [1.82, 2.24) is 5.32 Å². The van der Waals surface area contributed by atoms with E-state index in [9.17, 15) is 23.8 Å². The van der Waals surface area contributed by atoms with Crippen LogP contribution in [0.3, 0.4) is 0 Å². The average molecular weight is 335 g/mol. The zero-order chi connectivity index (χ0) is 17.7. The first-order valence-corrected chi connectivity index (χ1v) is 7.61. The molecule has 0 spiro atoms. The molecule has 0 aliphatic carbocycles. The van der Waals surface area contributed by atoms with Crippen molar-refractivity contribution in [3.63, 3.8) is 0 Å². The summed E-state index contributed by atoms with van der Waals surface area (Å²) in [6.45, 7) is 1.70. The van der Waals surface area contributed by atoms with Crippen molar-refractivity contribution in [2.45, 2.75) is 31.9 Å². The van der Waals surface area contributed by atoms with E-state index in [1.54, 1.807) is 19.1 Å². The minimum Gasteiger partial charge on any atom is -0.508 e. The van der Waals surface area contributed by atoms with Crippen LogP contribution in [0, 0.1) is 11.6 Å². The Morgan fingerprint density at radius 3 is 2.38 bits per heavy atom. The van der Waals surface area contributed by atoms with Gasteiger partial charge in [0.2, 0.25) is 5.91 Å². The number of benzene rings is 2. The molecule has 0 bridgehead atoms. The molecule has 0 saturated heterocycles. The maximum atomic E-state index is 13.8. The molecular formula is C18H19F2NO3. The van der Waals surface area contributed by atoms with Gasteiger partial charge in [0, 0.05) is 0 Å². The third kappa shape index (κ3) is 4.29. The molecule has 0 aromatic heterocycles. The van der Waals surface area contributed by atoms with Crippen molar-refractivity contribution < 1.29 is 23.8 Å². The first-order chi connectivity index (χ1) is 11.4.